The maximum absolute atomic E-state index is 12.7. The Kier molecular flexibility index (Phi) is 6.15. The van der Waals surface area contributed by atoms with Crippen molar-refractivity contribution in [1.29, 1.82) is 0 Å². The number of carbonyl (C=O) groups excluding carboxylic acids is 1. The van der Waals surface area contributed by atoms with Crippen LogP contribution in [0.4, 0.5) is 5.69 Å². The predicted octanol–water partition coefficient (Wildman–Crippen LogP) is 2.29. The molecule has 0 saturated carbocycles. The maximum atomic E-state index is 12.7. The number of hydrogen-bond donors (Lipinski definition) is 1. The maximum Gasteiger partial charge on any atom is 0.340 e. The van der Waals surface area contributed by atoms with Gasteiger partial charge in [-0.1, -0.05) is 28.1 Å². The largest absolute Gasteiger partial charge is 0.457 e. The number of ether oxygens (including phenoxy) is 2. The van der Waals surface area contributed by atoms with Crippen molar-refractivity contribution in [2.24, 2.45) is 5.14 Å². The minimum Gasteiger partial charge on any atom is -0.457 e. The lowest BCUT2D eigenvalue weighted by molar-refractivity contribution is 0.0472. The highest BCUT2D eigenvalue weighted by Crippen LogP contribution is 2.26. The van der Waals surface area contributed by atoms with Gasteiger partial charge < -0.3 is 14.4 Å². The third kappa shape index (κ3) is 5.07. The molecule has 3 rings (SSSR count). The van der Waals surface area contributed by atoms with Crippen LogP contribution in [-0.2, 0) is 26.1 Å². The Balaban J connectivity index is 1.87. The van der Waals surface area contributed by atoms with E-state index in [0.717, 1.165) is 10.0 Å². The van der Waals surface area contributed by atoms with Crippen LogP contribution in [0.2, 0.25) is 0 Å². The monoisotopic (exact) mass is 454 g/mol. The van der Waals surface area contributed by atoms with Crippen LogP contribution in [0.5, 0.6) is 0 Å². The zero-order valence-corrected chi connectivity index (χ0v) is 16.8. The molecule has 1 heterocycles. The molecule has 2 aromatic carbocycles. The van der Waals surface area contributed by atoms with E-state index < -0.39 is 16.0 Å². The Labute approximate surface area is 166 Å². The third-order valence-electron chi connectivity index (χ3n) is 4.15. The average Bonchev–Trinajstić information content (AvgIpc) is 2.67. The Morgan fingerprint density at radius 1 is 1.15 bits per heavy atom. The van der Waals surface area contributed by atoms with Crippen LogP contribution in [0.15, 0.2) is 51.8 Å². The quantitative estimate of drug-likeness (QED) is 0.695. The van der Waals surface area contributed by atoms with Crippen LogP contribution >= 0.6 is 15.9 Å². The van der Waals surface area contributed by atoms with Crippen LogP contribution in [-0.4, -0.2) is 40.7 Å². The molecule has 1 fully saturated rings. The molecular weight excluding hydrogens is 436 g/mol. The Morgan fingerprint density at radius 3 is 2.44 bits per heavy atom. The molecule has 2 N–H and O–H groups in total. The molecule has 7 nitrogen and oxygen atoms in total. The number of anilines is 1. The standard InChI is InChI=1S/C18H19BrN2O5S/c19-14-3-1-13(2-4-14)12-26-18(22)16-11-15(27(20,23)24)5-6-17(16)21-7-9-25-10-8-21/h1-6,11H,7-10,12H2,(H2,20,23,24). The van der Waals surface area contributed by atoms with Gasteiger partial charge in [-0.25, -0.2) is 18.4 Å². The van der Waals surface area contributed by atoms with E-state index in [9.17, 15) is 13.2 Å². The SMILES string of the molecule is NS(=O)(=O)c1ccc(N2CCOCC2)c(C(=O)OCc2ccc(Br)cc2)c1. The number of rotatable bonds is 5. The summed E-state index contributed by atoms with van der Waals surface area (Å²) in [6.07, 6.45) is 0. The van der Waals surface area contributed by atoms with Crippen molar-refractivity contribution < 1.29 is 22.7 Å². The summed E-state index contributed by atoms with van der Waals surface area (Å²) in [4.78, 5) is 14.5. The minimum absolute atomic E-state index is 0.0776. The number of sulfonamides is 1. The minimum atomic E-state index is -3.93. The van der Waals surface area contributed by atoms with Crippen molar-refractivity contribution in [1.82, 2.24) is 0 Å². The van der Waals surface area contributed by atoms with E-state index in [-0.39, 0.29) is 17.1 Å². The number of primary sulfonamides is 1. The highest BCUT2D eigenvalue weighted by molar-refractivity contribution is 9.10. The number of esters is 1. The van der Waals surface area contributed by atoms with Gasteiger partial charge in [0.1, 0.15) is 6.61 Å². The molecule has 1 saturated heterocycles. The number of carbonyl (C=O) groups is 1. The Morgan fingerprint density at radius 2 is 1.81 bits per heavy atom. The second-order valence-corrected chi connectivity index (χ2v) is 8.50. The number of nitrogens with zero attached hydrogens (tertiary/aromatic N) is 1. The van der Waals surface area contributed by atoms with E-state index in [2.05, 4.69) is 15.9 Å². The molecule has 0 aliphatic carbocycles. The second kappa shape index (κ2) is 8.39. The fraction of sp³-hybridized carbons (Fsp3) is 0.278. The molecule has 0 spiro atoms. The van der Waals surface area contributed by atoms with Gasteiger partial charge >= 0.3 is 5.97 Å². The van der Waals surface area contributed by atoms with E-state index >= 15 is 0 Å². The summed E-state index contributed by atoms with van der Waals surface area (Å²) in [5.41, 5.74) is 1.59. The first kappa shape index (κ1) is 19.8. The summed E-state index contributed by atoms with van der Waals surface area (Å²) in [6.45, 7) is 2.34. The van der Waals surface area contributed by atoms with Gasteiger partial charge in [-0.3, -0.25) is 0 Å². The van der Waals surface area contributed by atoms with Crippen molar-refractivity contribution in [2.45, 2.75) is 11.5 Å². The zero-order chi connectivity index (χ0) is 19.4. The fourth-order valence-electron chi connectivity index (χ4n) is 2.74. The molecule has 1 aliphatic rings. The van der Waals surface area contributed by atoms with Gasteiger partial charge in [0.2, 0.25) is 10.0 Å². The second-order valence-electron chi connectivity index (χ2n) is 6.03. The topological polar surface area (TPSA) is 98.9 Å². The first-order valence-electron chi connectivity index (χ1n) is 8.26. The van der Waals surface area contributed by atoms with E-state index in [4.69, 9.17) is 14.6 Å². The van der Waals surface area contributed by atoms with E-state index in [1.807, 2.05) is 29.2 Å². The molecule has 0 bridgehead atoms. The van der Waals surface area contributed by atoms with E-state index in [0.29, 0.717) is 32.0 Å². The zero-order valence-electron chi connectivity index (χ0n) is 14.4. The first-order chi connectivity index (χ1) is 12.8. The molecule has 0 radical (unpaired) electrons. The lowest BCUT2D eigenvalue weighted by Gasteiger charge is -2.30. The van der Waals surface area contributed by atoms with Crippen LogP contribution in [0.25, 0.3) is 0 Å². The summed E-state index contributed by atoms with van der Waals surface area (Å²) >= 11 is 3.35. The fourth-order valence-corrected chi connectivity index (χ4v) is 3.55. The molecule has 0 aromatic heterocycles. The van der Waals surface area contributed by atoms with Crippen LogP contribution < -0.4 is 10.0 Å². The normalized spacial score (nSPS) is 14.8. The summed E-state index contributed by atoms with van der Waals surface area (Å²) in [5, 5.41) is 5.22. The lowest BCUT2D eigenvalue weighted by Crippen LogP contribution is -2.37. The van der Waals surface area contributed by atoms with Crippen molar-refractivity contribution in [3.05, 3.63) is 58.1 Å². The van der Waals surface area contributed by atoms with E-state index in [1.165, 1.54) is 12.1 Å². The molecular formula is C18H19BrN2O5S. The van der Waals surface area contributed by atoms with Crippen LogP contribution in [0.1, 0.15) is 15.9 Å². The van der Waals surface area contributed by atoms with Crippen molar-refractivity contribution in [3.63, 3.8) is 0 Å². The molecule has 27 heavy (non-hydrogen) atoms. The van der Waals surface area contributed by atoms with Gasteiger partial charge in [-0.2, -0.15) is 0 Å². The molecule has 1 aliphatic heterocycles. The molecule has 0 amide bonds. The van der Waals surface area contributed by atoms with Gasteiger partial charge in [0.15, 0.2) is 0 Å². The number of halogens is 1. The Hall–Kier alpha value is -1.94. The van der Waals surface area contributed by atoms with Crippen molar-refractivity contribution in [2.75, 3.05) is 31.2 Å². The molecule has 144 valence electrons. The molecule has 0 unspecified atom stereocenters. The lowest BCUT2D eigenvalue weighted by atomic mass is 10.1. The highest BCUT2D eigenvalue weighted by Gasteiger charge is 2.22. The van der Waals surface area contributed by atoms with Gasteiger partial charge in [-0.05, 0) is 35.9 Å². The van der Waals surface area contributed by atoms with E-state index in [1.54, 1.807) is 6.07 Å². The van der Waals surface area contributed by atoms with Crippen molar-refractivity contribution >= 4 is 37.6 Å². The van der Waals surface area contributed by atoms with Crippen LogP contribution in [0.3, 0.4) is 0 Å². The molecule has 2 aromatic rings. The van der Waals surface area contributed by atoms with Gasteiger partial charge in [-0.15, -0.1) is 0 Å². The summed E-state index contributed by atoms with van der Waals surface area (Å²) in [6, 6.07) is 11.6. The van der Waals surface area contributed by atoms with Gasteiger partial charge in [0, 0.05) is 17.6 Å². The van der Waals surface area contributed by atoms with Gasteiger partial charge in [0.05, 0.1) is 29.4 Å². The van der Waals surface area contributed by atoms with Crippen LogP contribution in [0, 0.1) is 0 Å². The van der Waals surface area contributed by atoms with Crippen molar-refractivity contribution in [3.8, 4) is 0 Å². The number of benzene rings is 2. The Bertz CT molecular complexity index is 925. The smallest absolute Gasteiger partial charge is 0.340 e. The third-order valence-corrected chi connectivity index (χ3v) is 5.59. The number of nitrogens with two attached hydrogens (primary N) is 1. The molecule has 9 heteroatoms. The molecule has 0 atom stereocenters. The first-order valence-corrected chi connectivity index (χ1v) is 10.6. The number of morpholine rings is 1. The average molecular weight is 455 g/mol. The number of hydrogen-bond acceptors (Lipinski definition) is 6. The predicted molar refractivity (Wildman–Crippen MR) is 104 cm³/mol. The summed E-state index contributed by atoms with van der Waals surface area (Å²) in [7, 11) is -3.93. The summed E-state index contributed by atoms with van der Waals surface area (Å²) in [5.74, 6) is -0.607. The van der Waals surface area contributed by atoms with Gasteiger partial charge in [0.25, 0.3) is 0 Å². The highest BCUT2D eigenvalue weighted by atomic mass is 79.9. The summed E-state index contributed by atoms with van der Waals surface area (Å²) < 4.78 is 35.1.